The molecule has 0 aliphatic rings. The Balaban J connectivity index is 4.34. The monoisotopic (exact) mass is 286 g/mol. The quantitative estimate of drug-likeness (QED) is 0.325. The number of esters is 3. The first-order valence-electron chi connectivity index (χ1n) is 7.20. The number of ether oxygens (including phenoxy) is 2. The van der Waals surface area contributed by atoms with Crippen LogP contribution in [0.5, 0.6) is 0 Å². The van der Waals surface area contributed by atoms with Crippen LogP contribution in [0.25, 0.3) is 0 Å². The second kappa shape index (κ2) is 8.72. The van der Waals surface area contributed by atoms with Gasteiger partial charge in [0.05, 0.1) is 5.92 Å². The van der Waals surface area contributed by atoms with Crippen molar-refractivity contribution in [3.05, 3.63) is 0 Å². The summed E-state index contributed by atoms with van der Waals surface area (Å²) in [5.41, 5.74) is -0.787. The molecule has 0 amide bonds. The van der Waals surface area contributed by atoms with Crippen LogP contribution in [0.4, 0.5) is 0 Å². The molecule has 0 aromatic carbocycles. The zero-order chi connectivity index (χ0) is 15.8. The molecule has 1 atom stereocenters. The minimum atomic E-state index is -1.24. The van der Waals surface area contributed by atoms with Crippen LogP contribution >= 0.6 is 0 Å². The van der Waals surface area contributed by atoms with Crippen LogP contribution in [-0.2, 0) is 23.9 Å². The first kappa shape index (κ1) is 18.6. The number of carbonyl (C=O) groups is 3. The van der Waals surface area contributed by atoms with Gasteiger partial charge in [-0.15, -0.1) is 0 Å². The predicted octanol–water partition coefficient (Wildman–Crippen LogP) is 3.00. The lowest BCUT2D eigenvalue weighted by Gasteiger charge is -2.18. The molecule has 5 nitrogen and oxygen atoms in total. The average Bonchev–Trinajstić information content (AvgIpc) is 2.32. The van der Waals surface area contributed by atoms with Gasteiger partial charge in [0, 0.05) is 0 Å². The average molecular weight is 286 g/mol. The van der Waals surface area contributed by atoms with E-state index >= 15 is 0 Å². The van der Waals surface area contributed by atoms with Crippen LogP contribution in [-0.4, -0.2) is 23.5 Å². The third-order valence-electron chi connectivity index (χ3n) is 2.74. The molecule has 0 radical (unpaired) electrons. The molecule has 0 aromatic heterocycles. The van der Waals surface area contributed by atoms with E-state index in [1.807, 2.05) is 6.92 Å². The van der Waals surface area contributed by atoms with Gasteiger partial charge >= 0.3 is 17.9 Å². The van der Waals surface area contributed by atoms with Crippen molar-refractivity contribution in [3.8, 4) is 0 Å². The van der Waals surface area contributed by atoms with Gasteiger partial charge in [-0.05, 0) is 33.6 Å². The van der Waals surface area contributed by atoms with Crippen molar-refractivity contribution < 1.29 is 23.9 Å². The SMILES string of the molecule is CCCCCC(CC)C(=O)OC(=O)C(=O)OC(C)(C)C. The molecule has 0 rings (SSSR count). The number of carbonyl (C=O) groups excluding carboxylic acids is 3. The Labute approximate surface area is 121 Å². The topological polar surface area (TPSA) is 69.7 Å². The molecule has 5 heteroatoms. The van der Waals surface area contributed by atoms with Gasteiger partial charge in [0.25, 0.3) is 0 Å². The number of rotatable bonds is 6. The summed E-state index contributed by atoms with van der Waals surface area (Å²) in [6.45, 7) is 8.85. The second-order valence-electron chi connectivity index (χ2n) is 5.81. The summed E-state index contributed by atoms with van der Waals surface area (Å²) in [4.78, 5) is 34.7. The molecule has 0 aliphatic carbocycles. The normalized spacial score (nSPS) is 12.7. The molecule has 0 fully saturated rings. The Hall–Kier alpha value is -1.39. The summed E-state index contributed by atoms with van der Waals surface area (Å²) in [7, 11) is 0. The summed E-state index contributed by atoms with van der Waals surface area (Å²) in [5, 5.41) is 0. The fourth-order valence-electron chi connectivity index (χ4n) is 1.67. The Bertz CT molecular complexity index is 341. The number of hydrogen-bond acceptors (Lipinski definition) is 5. The van der Waals surface area contributed by atoms with Crippen LogP contribution in [0.1, 0.15) is 66.7 Å². The van der Waals surface area contributed by atoms with E-state index in [-0.39, 0.29) is 5.92 Å². The van der Waals surface area contributed by atoms with Crippen LogP contribution in [0, 0.1) is 5.92 Å². The van der Waals surface area contributed by atoms with E-state index in [2.05, 4.69) is 11.7 Å². The number of hydrogen-bond donors (Lipinski definition) is 0. The maximum Gasteiger partial charge on any atom is 0.425 e. The molecular formula is C15H26O5. The van der Waals surface area contributed by atoms with Crippen molar-refractivity contribution in [2.75, 3.05) is 0 Å². The molecule has 0 spiro atoms. The Kier molecular flexibility index (Phi) is 8.11. The van der Waals surface area contributed by atoms with Gasteiger partial charge in [0.1, 0.15) is 5.60 Å². The molecule has 0 bridgehead atoms. The van der Waals surface area contributed by atoms with Crippen LogP contribution < -0.4 is 0 Å². The molecule has 1 unspecified atom stereocenters. The van der Waals surface area contributed by atoms with E-state index in [0.29, 0.717) is 12.8 Å². The third-order valence-corrected chi connectivity index (χ3v) is 2.74. The summed E-state index contributed by atoms with van der Waals surface area (Å²) in [6, 6.07) is 0. The summed E-state index contributed by atoms with van der Waals surface area (Å²) >= 11 is 0. The van der Waals surface area contributed by atoms with E-state index in [0.717, 1.165) is 19.3 Å². The predicted molar refractivity (Wildman–Crippen MR) is 74.9 cm³/mol. The van der Waals surface area contributed by atoms with Crippen LogP contribution in [0.2, 0.25) is 0 Å². The first-order chi connectivity index (χ1) is 9.21. The molecule has 0 aliphatic heterocycles. The maximum atomic E-state index is 11.8. The Morgan fingerprint density at radius 2 is 1.60 bits per heavy atom. The smallest absolute Gasteiger partial charge is 0.425 e. The lowest BCUT2D eigenvalue weighted by Crippen LogP contribution is -2.32. The van der Waals surface area contributed by atoms with Crippen molar-refractivity contribution in [1.82, 2.24) is 0 Å². The van der Waals surface area contributed by atoms with Crippen molar-refractivity contribution in [3.63, 3.8) is 0 Å². The van der Waals surface area contributed by atoms with Gasteiger partial charge in [-0.1, -0.05) is 33.1 Å². The minimum absolute atomic E-state index is 0.340. The van der Waals surface area contributed by atoms with Crippen LogP contribution in [0.15, 0.2) is 0 Å². The van der Waals surface area contributed by atoms with Gasteiger partial charge in [-0.3, -0.25) is 4.79 Å². The van der Waals surface area contributed by atoms with E-state index < -0.39 is 23.5 Å². The van der Waals surface area contributed by atoms with E-state index in [1.165, 1.54) is 0 Å². The fourth-order valence-corrected chi connectivity index (χ4v) is 1.67. The van der Waals surface area contributed by atoms with Crippen molar-refractivity contribution in [2.24, 2.45) is 5.92 Å². The number of unbranched alkanes of at least 4 members (excludes halogenated alkanes) is 2. The highest BCUT2D eigenvalue weighted by Gasteiger charge is 2.28. The Morgan fingerprint density at radius 3 is 2.05 bits per heavy atom. The minimum Gasteiger partial charge on any atom is -0.452 e. The molecule has 20 heavy (non-hydrogen) atoms. The Morgan fingerprint density at radius 1 is 1.00 bits per heavy atom. The fraction of sp³-hybridized carbons (Fsp3) is 0.800. The van der Waals surface area contributed by atoms with E-state index in [9.17, 15) is 14.4 Å². The van der Waals surface area contributed by atoms with E-state index in [1.54, 1.807) is 20.8 Å². The van der Waals surface area contributed by atoms with E-state index in [4.69, 9.17) is 4.74 Å². The molecular weight excluding hydrogens is 260 g/mol. The highest BCUT2D eigenvalue weighted by Crippen LogP contribution is 2.16. The summed E-state index contributed by atoms with van der Waals surface area (Å²) in [6.07, 6.45) is 4.26. The van der Waals surface area contributed by atoms with Gasteiger partial charge in [0.2, 0.25) is 0 Å². The van der Waals surface area contributed by atoms with Crippen molar-refractivity contribution in [2.45, 2.75) is 72.3 Å². The highest BCUT2D eigenvalue weighted by molar-refractivity contribution is 6.31. The highest BCUT2D eigenvalue weighted by atomic mass is 16.6. The standard InChI is InChI=1S/C15H26O5/c1-6-8-9-10-11(7-2)12(16)19-13(17)14(18)20-15(3,4)5/h11H,6-10H2,1-5H3. The largest absolute Gasteiger partial charge is 0.452 e. The lowest BCUT2D eigenvalue weighted by molar-refractivity contribution is -0.180. The summed E-state index contributed by atoms with van der Waals surface area (Å²) in [5.74, 6) is -3.35. The van der Waals surface area contributed by atoms with Gasteiger partial charge in [0.15, 0.2) is 0 Å². The van der Waals surface area contributed by atoms with Crippen molar-refractivity contribution in [1.29, 1.82) is 0 Å². The zero-order valence-electron chi connectivity index (χ0n) is 13.2. The molecule has 0 aromatic rings. The zero-order valence-corrected chi connectivity index (χ0v) is 13.2. The lowest BCUT2D eigenvalue weighted by atomic mass is 9.99. The molecule has 0 saturated carbocycles. The maximum absolute atomic E-state index is 11.8. The summed E-state index contributed by atoms with van der Waals surface area (Å²) < 4.78 is 9.44. The van der Waals surface area contributed by atoms with Gasteiger partial charge in [-0.2, -0.15) is 0 Å². The van der Waals surface area contributed by atoms with Crippen molar-refractivity contribution >= 4 is 17.9 Å². The first-order valence-corrected chi connectivity index (χ1v) is 7.20. The molecule has 116 valence electrons. The third kappa shape index (κ3) is 7.92. The molecule has 0 N–H and O–H groups in total. The second-order valence-corrected chi connectivity index (χ2v) is 5.81. The molecule has 0 heterocycles. The van der Waals surface area contributed by atoms with Crippen LogP contribution in [0.3, 0.4) is 0 Å². The van der Waals surface area contributed by atoms with Gasteiger partial charge in [-0.25, -0.2) is 9.59 Å². The van der Waals surface area contributed by atoms with Gasteiger partial charge < -0.3 is 9.47 Å². The molecule has 0 saturated heterocycles.